The number of aromatic hydroxyl groups is 4. The first-order valence-corrected chi connectivity index (χ1v) is 41.1. The van der Waals surface area contributed by atoms with Crippen LogP contribution in [0.25, 0.3) is 66.9 Å². The molecule has 0 bridgehead atoms. The summed E-state index contributed by atoms with van der Waals surface area (Å²) < 4.78 is 41.1. The minimum atomic E-state index is -1.31. The van der Waals surface area contributed by atoms with E-state index in [1.807, 2.05) is 204 Å². The average Bonchev–Trinajstić information content (AvgIpc) is 1.55. The van der Waals surface area contributed by atoms with Crippen LogP contribution in [0.15, 0.2) is 146 Å². The van der Waals surface area contributed by atoms with Crippen molar-refractivity contribution >= 4 is 67.8 Å². The lowest BCUT2D eigenvalue weighted by molar-refractivity contribution is -0.159. The smallest absolute Gasteiger partial charge is 0.306 e. The van der Waals surface area contributed by atoms with Crippen LogP contribution >= 0.6 is 0 Å². The van der Waals surface area contributed by atoms with Gasteiger partial charge < -0.3 is 68.9 Å². The fraction of sp³-hybridized carbons (Fsp3) is 0.435. The maximum atomic E-state index is 14.2. The summed E-state index contributed by atoms with van der Waals surface area (Å²) in [6.45, 7) is 20.7. The number of rotatable bonds is 39. The van der Waals surface area contributed by atoms with Crippen molar-refractivity contribution in [1.82, 2.24) is 60.0 Å². The van der Waals surface area contributed by atoms with Gasteiger partial charge in [-0.25, -0.2) is 0 Å². The van der Waals surface area contributed by atoms with Crippen molar-refractivity contribution in [3.63, 3.8) is 0 Å². The van der Waals surface area contributed by atoms with Crippen molar-refractivity contribution < 1.29 is 88.1 Å². The summed E-state index contributed by atoms with van der Waals surface area (Å²) >= 11 is 0. The number of benzene rings is 8. The number of aryl methyl sites for hydroxylation is 4. The summed E-state index contributed by atoms with van der Waals surface area (Å²) in [5.74, 6) is -2.60. The highest BCUT2D eigenvalue weighted by Gasteiger charge is 2.31. The molecule has 4 heterocycles. The van der Waals surface area contributed by atoms with Crippen LogP contribution in [-0.4, -0.2) is 210 Å². The number of aromatic nitrogens is 12. The summed E-state index contributed by atoms with van der Waals surface area (Å²) in [5, 5.41) is 117. The summed E-state index contributed by atoms with van der Waals surface area (Å²) in [5.41, 5.74) is 9.82. The quantitative estimate of drug-likeness (QED) is 0.0139. The Kier molecular flexibility index (Phi) is 28.7. The monoisotopic (exact) mass is 1670 g/mol. The number of hydrogen-bond donors (Lipinski definition) is 7. The molecule has 30 nitrogen and oxygen atoms in total. The maximum absolute atomic E-state index is 14.2. The van der Waals surface area contributed by atoms with E-state index in [1.165, 1.54) is 19.2 Å². The number of esters is 3. The lowest BCUT2D eigenvalue weighted by Gasteiger charge is -2.23. The van der Waals surface area contributed by atoms with Crippen LogP contribution in [-0.2, 0) is 99.7 Å². The molecule has 646 valence electrons. The topological polar surface area (TPSA) is 397 Å². The van der Waals surface area contributed by atoms with Crippen LogP contribution < -0.4 is 0 Å². The Morgan fingerprint density at radius 2 is 0.557 bits per heavy atom. The van der Waals surface area contributed by atoms with Crippen molar-refractivity contribution in [3.05, 3.63) is 190 Å². The van der Waals surface area contributed by atoms with E-state index in [0.717, 1.165) is 16.7 Å². The van der Waals surface area contributed by atoms with E-state index >= 15 is 0 Å². The maximum Gasteiger partial charge on any atom is 0.306 e. The van der Waals surface area contributed by atoms with Gasteiger partial charge in [0.1, 0.15) is 133 Å². The lowest BCUT2D eigenvalue weighted by Crippen LogP contribution is -2.33. The number of hydrogen-bond acceptors (Lipinski definition) is 26. The van der Waals surface area contributed by atoms with Crippen molar-refractivity contribution in [2.75, 3.05) is 66.1 Å². The van der Waals surface area contributed by atoms with Crippen molar-refractivity contribution in [1.29, 1.82) is 0 Å². The number of phenolic OH excluding ortho intramolecular Hbond substituents is 4. The van der Waals surface area contributed by atoms with Crippen LogP contribution in [0.3, 0.4) is 0 Å². The van der Waals surface area contributed by atoms with Gasteiger partial charge in [-0.1, -0.05) is 156 Å². The third-order valence-electron chi connectivity index (χ3n) is 20.6. The zero-order valence-corrected chi connectivity index (χ0v) is 71.2. The highest BCUT2D eigenvalue weighted by atomic mass is 16.6. The number of carbonyl (C=O) groups excluding carboxylic acids is 4. The Hall–Kier alpha value is -11.6. The molecule has 0 saturated carbocycles. The molecule has 8 aromatic carbocycles. The fourth-order valence-corrected chi connectivity index (χ4v) is 14.1. The molecule has 0 spiro atoms. The first-order valence-electron chi connectivity index (χ1n) is 41.1. The van der Waals surface area contributed by atoms with Gasteiger partial charge in [-0.15, -0.1) is 60.0 Å². The lowest BCUT2D eigenvalue weighted by atomic mass is 9.84. The highest BCUT2D eigenvalue weighted by molar-refractivity contribution is 5.80. The molecular weight excluding hydrogens is 1560 g/mol. The Bertz CT molecular complexity index is 5190. The van der Waals surface area contributed by atoms with Crippen molar-refractivity contribution in [2.24, 2.45) is 5.92 Å². The number of aliphatic hydroxyl groups excluding tert-OH is 3. The molecule has 0 radical (unpaired) electrons. The number of carbonyl (C=O) groups is 4. The molecule has 0 aliphatic heterocycles. The number of ether oxygens (including phenoxy) is 7. The third-order valence-corrected chi connectivity index (χ3v) is 20.6. The van der Waals surface area contributed by atoms with Gasteiger partial charge in [-0.3, -0.25) is 19.2 Å². The predicted octanol–water partition coefficient (Wildman–Crippen LogP) is 12.2. The molecule has 12 rings (SSSR count). The second-order valence-electron chi connectivity index (χ2n) is 35.2. The fourth-order valence-electron chi connectivity index (χ4n) is 14.1. The number of Topliss-reactive ketones (excluding diaryl/α,β-unsaturated/α-hetero) is 1. The Labute approximate surface area is 707 Å². The zero-order chi connectivity index (χ0) is 87.4. The molecule has 4 aromatic heterocycles. The van der Waals surface area contributed by atoms with Gasteiger partial charge in [-0.05, 0) is 142 Å². The molecule has 5 unspecified atom stereocenters. The molecule has 0 saturated heterocycles. The van der Waals surface area contributed by atoms with E-state index in [1.54, 1.807) is 24.3 Å². The third kappa shape index (κ3) is 23.5. The first kappa shape index (κ1) is 89.6. The van der Waals surface area contributed by atoms with E-state index in [4.69, 9.17) is 33.2 Å². The van der Waals surface area contributed by atoms with Crippen LogP contribution in [0.1, 0.15) is 160 Å². The molecular formula is C92H110N12O18. The molecule has 0 aliphatic carbocycles. The number of nitrogens with zero attached hydrogens (tertiary/aromatic N) is 12. The van der Waals surface area contributed by atoms with Gasteiger partial charge in [0, 0.05) is 60.3 Å². The largest absolute Gasteiger partial charge is 0.505 e. The van der Waals surface area contributed by atoms with Gasteiger partial charge in [-0.2, -0.15) is 0 Å². The molecule has 0 fully saturated rings. The van der Waals surface area contributed by atoms with Gasteiger partial charge in [0.05, 0.1) is 52.9 Å². The minimum Gasteiger partial charge on any atom is -0.505 e. The Balaban J connectivity index is 0.677. The molecule has 7 N–H and O–H groups in total. The highest BCUT2D eigenvalue weighted by Crippen LogP contribution is 2.42. The Morgan fingerprint density at radius 1 is 0.320 bits per heavy atom. The minimum absolute atomic E-state index is 0.0116. The number of fused-ring (bicyclic) bond motifs is 4. The second-order valence-corrected chi connectivity index (χ2v) is 35.2. The van der Waals surface area contributed by atoms with Crippen LogP contribution in [0.2, 0.25) is 0 Å². The van der Waals surface area contributed by atoms with Crippen molar-refractivity contribution in [3.8, 4) is 45.7 Å². The van der Waals surface area contributed by atoms with E-state index in [9.17, 15) is 54.9 Å². The SMILES string of the molecule is CC(C)(C)c1cc(CCC(=O)CC(COCC(O)COCC(COCC(O)COC(=O)CCc2cc(-n3nc4ccccc4n3)c(O)c(C(C)(C)C)c2)OC(=O)CCc2cc(-n3nc4ccccc4n3)c(O)c(C(C)(C)C)c2)COCC(O)COC(=O)CCc2cc(-n3nc4ccccc4n3)c(O)c(C(C)(C)C)c2)cc(-n2nc3ccccc3n2)c1O. The average molecular weight is 1670 g/mol. The predicted molar refractivity (Wildman–Crippen MR) is 456 cm³/mol. The zero-order valence-electron chi connectivity index (χ0n) is 71.2. The van der Waals surface area contributed by atoms with E-state index in [0.29, 0.717) is 94.7 Å². The van der Waals surface area contributed by atoms with Gasteiger partial charge in [0.25, 0.3) is 0 Å². The number of ketones is 1. The van der Waals surface area contributed by atoms with Gasteiger partial charge in [0.2, 0.25) is 0 Å². The van der Waals surface area contributed by atoms with Gasteiger partial charge in [0.15, 0.2) is 0 Å². The molecule has 0 aliphatic rings. The van der Waals surface area contributed by atoms with E-state index in [2.05, 4.69) is 40.8 Å². The molecule has 0 amide bonds. The normalized spacial score (nSPS) is 13.6. The van der Waals surface area contributed by atoms with E-state index < -0.39 is 83.1 Å². The summed E-state index contributed by atoms with van der Waals surface area (Å²) in [7, 11) is 0. The number of aliphatic hydroxyl groups is 3. The van der Waals surface area contributed by atoms with Crippen LogP contribution in [0.4, 0.5) is 0 Å². The van der Waals surface area contributed by atoms with E-state index in [-0.39, 0.29) is 139 Å². The molecule has 12 aromatic rings. The van der Waals surface area contributed by atoms with Gasteiger partial charge >= 0.3 is 17.9 Å². The standard InChI is InChI=1S/C92H110N12O18/c1-89(2,3)66-38-56(42-78(85(66)112)101-93-70-21-13-14-22-71(70)94-101)29-33-61(105)37-60(47-117-50-63(107)52-120-82(109)34-30-57-39-67(90(4,5)6)86(113)79(43-57)102-95-72-23-15-16-24-73(72)96-102)46-116-48-62(106)49-118-54-65(122-84(111)36-32-59-41-69(92(10,11)12)88(115)81(45-59)104-99-76-27-19-20-28-77(76)100-104)55-119-51-64(108)53-121-83(110)35-31-58-40-68(91(7,8)9)87(114)80(44-58)103-97-74-25-17-18-26-75(74)98-103/h13-28,38-45,60,62-65,106-108,112-115H,29-37,46-55H2,1-12H3. The Morgan fingerprint density at radius 3 is 0.820 bits per heavy atom. The molecule has 5 atom stereocenters. The summed E-state index contributed by atoms with van der Waals surface area (Å²) in [4.78, 5) is 60.3. The molecule has 122 heavy (non-hydrogen) atoms. The summed E-state index contributed by atoms with van der Waals surface area (Å²) in [6.07, 6.45) is -4.30. The van der Waals surface area contributed by atoms with Crippen LogP contribution in [0.5, 0.6) is 23.0 Å². The summed E-state index contributed by atoms with van der Waals surface area (Å²) in [6, 6.07) is 43.7. The first-order chi connectivity index (χ1) is 58.0. The van der Waals surface area contributed by atoms with Crippen LogP contribution in [0, 0.1) is 5.92 Å². The molecule has 30 heteroatoms. The number of phenols is 4. The van der Waals surface area contributed by atoms with Crippen molar-refractivity contribution in [2.45, 2.75) is 187 Å². The second kappa shape index (κ2) is 39.0.